The van der Waals surface area contributed by atoms with Crippen LogP contribution in [0.2, 0.25) is 0 Å². The average Bonchev–Trinajstić information content (AvgIpc) is 2.47. The van der Waals surface area contributed by atoms with E-state index in [1.54, 1.807) is 0 Å². The molecule has 0 amide bonds. The monoisotopic (exact) mass is 291 g/mol. The normalized spacial score (nSPS) is 25.3. The maximum atomic E-state index is 12.3. The Morgan fingerprint density at radius 1 is 1.21 bits per heavy atom. The van der Waals surface area contributed by atoms with Gasteiger partial charge in [0.25, 0.3) is 10.2 Å². The van der Waals surface area contributed by atoms with Gasteiger partial charge in [0, 0.05) is 25.7 Å². The predicted molar refractivity (Wildman–Crippen MR) is 73.9 cm³/mol. The predicted octanol–water partition coefficient (Wildman–Crippen LogP) is 0.0606. The Labute approximate surface area is 115 Å². The van der Waals surface area contributed by atoms with Gasteiger partial charge in [0.05, 0.1) is 13.2 Å². The Bertz CT molecular complexity index is 362. The summed E-state index contributed by atoms with van der Waals surface area (Å²) in [7, 11) is -3.42. The van der Waals surface area contributed by atoms with Crippen molar-refractivity contribution in [3.8, 4) is 0 Å². The van der Waals surface area contributed by atoms with Crippen LogP contribution in [0.4, 0.5) is 0 Å². The van der Waals surface area contributed by atoms with E-state index in [4.69, 9.17) is 10.5 Å². The zero-order chi connectivity index (χ0) is 13.7. The summed E-state index contributed by atoms with van der Waals surface area (Å²) in [5, 5.41) is 0. The smallest absolute Gasteiger partial charge is 0.279 e. The molecule has 0 spiro atoms. The topological polar surface area (TPSA) is 84.7 Å². The van der Waals surface area contributed by atoms with Crippen LogP contribution in [0.3, 0.4) is 0 Å². The van der Waals surface area contributed by atoms with Crippen LogP contribution in [0.25, 0.3) is 0 Å². The fraction of sp³-hybridized carbons (Fsp3) is 1.00. The number of nitrogens with two attached hydrogens (primary N) is 1. The van der Waals surface area contributed by atoms with Crippen LogP contribution in [0.5, 0.6) is 0 Å². The van der Waals surface area contributed by atoms with Crippen LogP contribution in [0.15, 0.2) is 0 Å². The minimum atomic E-state index is -3.42. The first-order chi connectivity index (χ1) is 9.13. The molecule has 1 saturated heterocycles. The van der Waals surface area contributed by atoms with E-state index in [1.807, 2.05) is 0 Å². The molecule has 2 aliphatic rings. The van der Waals surface area contributed by atoms with E-state index in [1.165, 1.54) is 23.6 Å². The Kier molecular flexibility index (Phi) is 5.58. The number of nitrogens with one attached hydrogen (secondary N) is 1. The van der Waals surface area contributed by atoms with Crippen molar-refractivity contribution in [3.05, 3.63) is 0 Å². The largest absolute Gasteiger partial charge is 0.379 e. The van der Waals surface area contributed by atoms with Crippen LogP contribution in [-0.4, -0.2) is 51.6 Å². The first kappa shape index (κ1) is 15.2. The van der Waals surface area contributed by atoms with Gasteiger partial charge in [-0.1, -0.05) is 19.3 Å². The van der Waals surface area contributed by atoms with Crippen LogP contribution < -0.4 is 10.5 Å². The first-order valence-corrected chi connectivity index (χ1v) is 8.62. The lowest BCUT2D eigenvalue weighted by Crippen LogP contribution is -2.53. The van der Waals surface area contributed by atoms with E-state index in [9.17, 15) is 8.42 Å². The average molecular weight is 291 g/mol. The highest BCUT2D eigenvalue weighted by Crippen LogP contribution is 2.26. The summed E-state index contributed by atoms with van der Waals surface area (Å²) in [6.07, 6.45) is 5.77. The molecule has 1 heterocycles. The van der Waals surface area contributed by atoms with Crippen molar-refractivity contribution in [2.45, 2.75) is 38.1 Å². The van der Waals surface area contributed by atoms with Crippen LogP contribution in [0.1, 0.15) is 32.1 Å². The van der Waals surface area contributed by atoms with Gasteiger partial charge in [-0.15, -0.1) is 0 Å². The molecule has 2 rings (SSSR count). The van der Waals surface area contributed by atoms with Crippen molar-refractivity contribution >= 4 is 10.2 Å². The van der Waals surface area contributed by atoms with Crippen LogP contribution in [0, 0.1) is 5.92 Å². The number of ether oxygens (including phenoxy) is 1. The Balaban J connectivity index is 1.95. The maximum absolute atomic E-state index is 12.3. The van der Waals surface area contributed by atoms with Crippen molar-refractivity contribution < 1.29 is 13.2 Å². The van der Waals surface area contributed by atoms with E-state index in [0.717, 1.165) is 12.8 Å². The molecule has 6 nitrogen and oxygen atoms in total. The number of morpholine rings is 1. The summed E-state index contributed by atoms with van der Waals surface area (Å²) < 4.78 is 34.0. The summed E-state index contributed by atoms with van der Waals surface area (Å²) in [5.74, 6) is 0.384. The molecule has 0 aromatic heterocycles. The summed E-state index contributed by atoms with van der Waals surface area (Å²) in [4.78, 5) is 0. The van der Waals surface area contributed by atoms with Crippen molar-refractivity contribution in [2.75, 3.05) is 32.8 Å². The SMILES string of the molecule is NCC(NS(=O)(=O)N1CCOCC1)C1CCCCC1. The van der Waals surface area contributed by atoms with Gasteiger partial charge in [-0.2, -0.15) is 17.4 Å². The zero-order valence-corrected chi connectivity index (χ0v) is 12.2. The van der Waals surface area contributed by atoms with Gasteiger partial charge in [-0.25, -0.2) is 0 Å². The molecule has 1 unspecified atom stereocenters. The summed E-state index contributed by atoms with van der Waals surface area (Å²) in [6.45, 7) is 2.16. The lowest BCUT2D eigenvalue weighted by molar-refractivity contribution is 0.0721. The highest BCUT2D eigenvalue weighted by molar-refractivity contribution is 7.87. The maximum Gasteiger partial charge on any atom is 0.279 e. The third-order valence-electron chi connectivity index (χ3n) is 4.08. The molecule has 1 aliphatic carbocycles. The van der Waals surface area contributed by atoms with Gasteiger partial charge >= 0.3 is 0 Å². The second-order valence-electron chi connectivity index (χ2n) is 5.37. The first-order valence-electron chi connectivity index (χ1n) is 7.18. The molecule has 0 bridgehead atoms. The van der Waals surface area contributed by atoms with Gasteiger partial charge in [0.15, 0.2) is 0 Å². The summed E-state index contributed by atoms with van der Waals surface area (Å²) in [6, 6.07) is -0.131. The Hall–Kier alpha value is -0.210. The summed E-state index contributed by atoms with van der Waals surface area (Å²) >= 11 is 0. The van der Waals surface area contributed by atoms with Gasteiger partial charge in [-0.05, 0) is 18.8 Å². The standard InChI is InChI=1S/C12H25N3O3S/c13-10-12(11-4-2-1-3-5-11)14-19(16,17)15-6-8-18-9-7-15/h11-12,14H,1-10,13H2. The van der Waals surface area contributed by atoms with E-state index in [-0.39, 0.29) is 6.04 Å². The quantitative estimate of drug-likeness (QED) is 0.750. The Morgan fingerprint density at radius 3 is 2.42 bits per heavy atom. The molecule has 7 heteroatoms. The fourth-order valence-electron chi connectivity index (χ4n) is 2.93. The molecule has 1 saturated carbocycles. The summed E-state index contributed by atoms with van der Waals surface area (Å²) in [5.41, 5.74) is 5.77. The second-order valence-corrected chi connectivity index (χ2v) is 7.08. The molecule has 1 atom stereocenters. The van der Waals surface area contributed by atoms with E-state index in [0.29, 0.717) is 38.8 Å². The highest BCUT2D eigenvalue weighted by atomic mass is 32.2. The lowest BCUT2D eigenvalue weighted by Gasteiger charge is -2.33. The van der Waals surface area contributed by atoms with Gasteiger partial charge in [0.2, 0.25) is 0 Å². The molecule has 0 aromatic carbocycles. The molecule has 112 valence electrons. The number of nitrogens with zero attached hydrogens (tertiary/aromatic N) is 1. The number of hydrogen-bond acceptors (Lipinski definition) is 4. The fourth-order valence-corrected chi connectivity index (χ4v) is 4.38. The number of rotatable bonds is 5. The molecule has 1 aliphatic heterocycles. The van der Waals surface area contributed by atoms with Crippen molar-refractivity contribution in [1.29, 1.82) is 0 Å². The third-order valence-corrected chi connectivity index (χ3v) is 5.73. The van der Waals surface area contributed by atoms with E-state index < -0.39 is 10.2 Å². The molecule has 2 fully saturated rings. The molecule has 0 aromatic rings. The second kappa shape index (κ2) is 6.99. The van der Waals surface area contributed by atoms with Gasteiger partial charge < -0.3 is 10.5 Å². The zero-order valence-electron chi connectivity index (χ0n) is 11.4. The van der Waals surface area contributed by atoms with Crippen molar-refractivity contribution in [1.82, 2.24) is 9.03 Å². The molecule has 19 heavy (non-hydrogen) atoms. The van der Waals surface area contributed by atoms with Crippen molar-refractivity contribution in [3.63, 3.8) is 0 Å². The molecular weight excluding hydrogens is 266 g/mol. The van der Waals surface area contributed by atoms with Crippen LogP contribution in [-0.2, 0) is 14.9 Å². The molecule has 0 radical (unpaired) electrons. The highest BCUT2D eigenvalue weighted by Gasteiger charge is 2.30. The van der Waals surface area contributed by atoms with Crippen molar-refractivity contribution in [2.24, 2.45) is 11.7 Å². The van der Waals surface area contributed by atoms with E-state index >= 15 is 0 Å². The van der Waals surface area contributed by atoms with Gasteiger partial charge in [-0.3, -0.25) is 0 Å². The third kappa shape index (κ3) is 4.13. The molecule has 3 N–H and O–H groups in total. The van der Waals surface area contributed by atoms with E-state index in [2.05, 4.69) is 4.72 Å². The lowest BCUT2D eigenvalue weighted by atomic mass is 9.84. The minimum Gasteiger partial charge on any atom is -0.379 e. The van der Waals surface area contributed by atoms with Crippen LogP contribution >= 0.6 is 0 Å². The Morgan fingerprint density at radius 2 is 1.84 bits per heavy atom. The minimum absolute atomic E-state index is 0.131. The van der Waals surface area contributed by atoms with Gasteiger partial charge in [0.1, 0.15) is 0 Å². The molecular formula is C12H25N3O3S. The number of hydrogen-bond donors (Lipinski definition) is 2.